The number of amidine groups is 1. The van der Waals surface area contributed by atoms with Crippen molar-refractivity contribution in [2.24, 2.45) is 20.2 Å². The fourth-order valence-corrected chi connectivity index (χ4v) is 0.925. The number of fused-ring (bicyclic) bond motifs is 1. The van der Waals surface area contributed by atoms with Crippen LogP contribution in [0.4, 0.5) is 0 Å². The highest BCUT2D eigenvalue weighted by atomic mass is 15.2. The molecule has 0 saturated heterocycles. The Balaban J connectivity index is 2.45. The first-order valence-corrected chi connectivity index (χ1v) is 3.08. The molecule has 0 aromatic rings. The van der Waals surface area contributed by atoms with Crippen molar-refractivity contribution in [3.63, 3.8) is 0 Å². The molecule has 50 valence electrons. The summed E-state index contributed by atoms with van der Waals surface area (Å²) in [5.74, 6) is 0.711. The summed E-state index contributed by atoms with van der Waals surface area (Å²) in [5.41, 5.74) is 1.02. The molecule has 4 heteroatoms. The van der Waals surface area contributed by atoms with Crippen LogP contribution in [-0.4, -0.2) is 18.2 Å². The van der Waals surface area contributed by atoms with Crippen LogP contribution < -0.4 is 0 Å². The first-order valence-electron chi connectivity index (χ1n) is 3.08. The molecule has 2 aliphatic heterocycles. The fraction of sp³-hybridized carbons (Fsp3) is 0.333. The van der Waals surface area contributed by atoms with Gasteiger partial charge in [-0.3, -0.25) is 4.99 Å². The number of nitrogens with zero attached hydrogens (tertiary/aromatic N) is 4. The smallest absolute Gasteiger partial charge is 0.182 e. The quantitative estimate of drug-likeness (QED) is 0.477. The fourth-order valence-electron chi connectivity index (χ4n) is 0.925. The van der Waals surface area contributed by atoms with E-state index in [0.717, 1.165) is 5.57 Å². The first kappa shape index (κ1) is 5.46. The Morgan fingerprint density at radius 3 is 3.20 bits per heavy atom. The van der Waals surface area contributed by atoms with E-state index >= 15 is 0 Å². The first-order chi connectivity index (χ1) is 4.88. The van der Waals surface area contributed by atoms with Crippen LogP contribution in [0.5, 0.6) is 0 Å². The van der Waals surface area contributed by atoms with Gasteiger partial charge < -0.3 is 0 Å². The van der Waals surface area contributed by atoms with Gasteiger partial charge in [-0.2, -0.15) is 5.11 Å². The minimum Gasteiger partial charge on any atom is -0.265 e. The average Bonchev–Trinajstić information content (AvgIpc) is 2.36. The molecule has 0 fully saturated rings. The molecule has 0 spiro atoms. The van der Waals surface area contributed by atoms with E-state index in [2.05, 4.69) is 20.2 Å². The van der Waals surface area contributed by atoms with Crippen molar-refractivity contribution in [3.05, 3.63) is 11.8 Å². The molecule has 0 unspecified atom stereocenters. The summed E-state index contributed by atoms with van der Waals surface area (Å²) in [5, 5.41) is 7.53. The zero-order valence-corrected chi connectivity index (χ0v) is 5.52. The Labute approximate surface area is 58.1 Å². The number of hydrogen-bond donors (Lipinski definition) is 0. The molecule has 10 heavy (non-hydrogen) atoms. The normalized spacial score (nSPS) is 27.9. The summed E-state index contributed by atoms with van der Waals surface area (Å²) < 4.78 is 0. The molecule has 0 N–H and O–H groups in total. The summed E-state index contributed by atoms with van der Waals surface area (Å²) in [6, 6.07) is 0.169. The maximum atomic E-state index is 4.07. The van der Waals surface area contributed by atoms with Crippen molar-refractivity contribution in [3.8, 4) is 0 Å². The summed E-state index contributed by atoms with van der Waals surface area (Å²) in [7, 11) is 0. The summed E-state index contributed by atoms with van der Waals surface area (Å²) in [6.45, 7) is 1.99. The van der Waals surface area contributed by atoms with Crippen LogP contribution in [0, 0.1) is 0 Å². The van der Waals surface area contributed by atoms with Gasteiger partial charge in [0.05, 0.1) is 12.2 Å². The lowest BCUT2D eigenvalue weighted by molar-refractivity contribution is 0.893. The molecule has 4 nitrogen and oxygen atoms in total. The number of aliphatic imine (C=N–C) groups is 2. The zero-order chi connectivity index (χ0) is 6.97. The Morgan fingerprint density at radius 1 is 1.50 bits per heavy atom. The van der Waals surface area contributed by atoms with Crippen molar-refractivity contribution in [2.75, 3.05) is 0 Å². The van der Waals surface area contributed by atoms with Gasteiger partial charge in [0.2, 0.25) is 0 Å². The molecular weight excluding hydrogens is 128 g/mol. The van der Waals surface area contributed by atoms with Gasteiger partial charge in [0.25, 0.3) is 0 Å². The molecule has 0 aromatic heterocycles. The van der Waals surface area contributed by atoms with E-state index in [-0.39, 0.29) is 6.04 Å². The van der Waals surface area contributed by atoms with E-state index in [1.807, 2.05) is 6.92 Å². The Kier molecular flexibility index (Phi) is 1.00. The second kappa shape index (κ2) is 1.83. The van der Waals surface area contributed by atoms with Crippen molar-refractivity contribution < 1.29 is 0 Å². The van der Waals surface area contributed by atoms with Crippen LogP contribution in [0.3, 0.4) is 0 Å². The van der Waals surface area contributed by atoms with Crippen LogP contribution in [0.2, 0.25) is 0 Å². The van der Waals surface area contributed by atoms with Crippen LogP contribution >= 0.6 is 0 Å². The highest BCUT2D eigenvalue weighted by Gasteiger charge is 2.19. The Hall–Kier alpha value is -1.32. The summed E-state index contributed by atoms with van der Waals surface area (Å²) in [4.78, 5) is 8.01. The average molecular weight is 134 g/mol. The van der Waals surface area contributed by atoms with Crippen LogP contribution in [-0.2, 0) is 0 Å². The largest absolute Gasteiger partial charge is 0.265 e. The Bertz CT molecular complexity index is 271. The van der Waals surface area contributed by atoms with Crippen molar-refractivity contribution >= 4 is 12.2 Å². The molecule has 0 aliphatic carbocycles. The van der Waals surface area contributed by atoms with Crippen LogP contribution in [0.15, 0.2) is 32.0 Å². The second-order valence-electron chi connectivity index (χ2n) is 2.19. The van der Waals surface area contributed by atoms with Gasteiger partial charge in [-0.15, -0.1) is 5.11 Å². The van der Waals surface area contributed by atoms with Crippen molar-refractivity contribution in [1.82, 2.24) is 0 Å². The van der Waals surface area contributed by atoms with Gasteiger partial charge in [0.1, 0.15) is 6.34 Å². The lowest BCUT2D eigenvalue weighted by Gasteiger charge is -2.08. The lowest BCUT2D eigenvalue weighted by Crippen LogP contribution is -2.13. The SMILES string of the molecule is C[C@H]1N=CN=C2N=NC=C21. The van der Waals surface area contributed by atoms with Gasteiger partial charge in [-0.05, 0) is 6.92 Å². The van der Waals surface area contributed by atoms with Gasteiger partial charge in [0, 0.05) is 5.57 Å². The molecular formula is C6H6N4. The Morgan fingerprint density at radius 2 is 2.40 bits per heavy atom. The van der Waals surface area contributed by atoms with E-state index < -0.39 is 0 Å². The third-order valence-electron chi connectivity index (χ3n) is 1.53. The van der Waals surface area contributed by atoms with E-state index in [4.69, 9.17) is 0 Å². The van der Waals surface area contributed by atoms with Crippen molar-refractivity contribution in [1.29, 1.82) is 0 Å². The number of azo groups is 1. The molecule has 0 amide bonds. The predicted molar refractivity (Wildman–Crippen MR) is 38.3 cm³/mol. The number of rotatable bonds is 0. The maximum absolute atomic E-state index is 4.07. The molecule has 0 bridgehead atoms. The third-order valence-corrected chi connectivity index (χ3v) is 1.53. The third kappa shape index (κ3) is 0.618. The minimum absolute atomic E-state index is 0.169. The molecule has 0 saturated carbocycles. The minimum atomic E-state index is 0.169. The molecule has 0 radical (unpaired) electrons. The van der Waals surface area contributed by atoms with Gasteiger partial charge in [-0.25, -0.2) is 4.99 Å². The van der Waals surface area contributed by atoms with E-state index in [9.17, 15) is 0 Å². The molecule has 2 aliphatic rings. The maximum Gasteiger partial charge on any atom is 0.182 e. The van der Waals surface area contributed by atoms with Gasteiger partial charge in [0.15, 0.2) is 5.84 Å². The van der Waals surface area contributed by atoms with Crippen LogP contribution in [0.1, 0.15) is 6.92 Å². The van der Waals surface area contributed by atoms with E-state index in [0.29, 0.717) is 5.84 Å². The summed E-state index contributed by atoms with van der Waals surface area (Å²) >= 11 is 0. The summed E-state index contributed by atoms with van der Waals surface area (Å²) in [6.07, 6.45) is 3.24. The van der Waals surface area contributed by atoms with E-state index in [1.165, 1.54) is 6.34 Å². The van der Waals surface area contributed by atoms with Gasteiger partial charge in [-0.1, -0.05) is 0 Å². The van der Waals surface area contributed by atoms with Crippen molar-refractivity contribution in [2.45, 2.75) is 13.0 Å². The monoisotopic (exact) mass is 134 g/mol. The zero-order valence-electron chi connectivity index (χ0n) is 5.52. The molecule has 1 atom stereocenters. The molecule has 2 heterocycles. The second-order valence-corrected chi connectivity index (χ2v) is 2.19. The highest BCUT2D eigenvalue weighted by molar-refractivity contribution is 6.05. The van der Waals surface area contributed by atoms with Gasteiger partial charge >= 0.3 is 0 Å². The standard InChI is InChI=1S/C6H6N4/c1-4-5-2-9-10-6(5)8-3-7-4/h2-4H,1H3/t4-/m1/s1. The number of hydrogen-bond acceptors (Lipinski definition) is 4. The van der Waals surface area contributed by atoms with E-state index in [1.54, 1.807) is 6.20 Å². The lowest BCUT2D eigenvalue weighted by atomic mass is 10.1. The highest BCUT2D eigenvalue weighted by Crippen LogP contribution is 2.17. The van der Waals surface area contributed by atoms with Crippen LogP contribution in [0.25, 0.3) is 0 Å². The topological polar surface area (TPSA) is 49.4 Å². The molecule has 0 aromatic carbocycles. The molecule has 2 rings (SSSR count). The predicted octanol–water partition coefficient (Wildman–Crippen LogP) is 1.17.